The van der Waals surface area contributed by atoms with Crippen LogP contribution in [0.25, 0.3) is 0 Å². The molecule has 12 heteroatoms. The molecule has 1 rings (SSSR count). The number of halogens is 6. The zero-order valence-corrected chi connectivity index (χ0v) is 12.8. The van der Waals surface area contributed by atoms with E-state index in [0.29, 0.717) is 0 Å². The summed E-state index contributed by atoms with van der Waals surface area (Å²) in [5, 5.41) is 8.01. The van der Waals surface area contributed by atoms with E-state index in [0.717, 1.165) is 18.2 Å². The van der Waals surface area contributed by atoms with Crippen LogP contribution in [0, 0.1) is 0 Å². The lowest BCUT2D eigenvalue weighted by molar-refractivity contribution is -0.297. The van der Waals surface area contributed by atoms with Gasteiger partial charge in [-0.05, 0) is 19.1 Å². The van der Waals surface area contributed by atoms with Crippen LogP contribution in [0.3, 0.4) is 0 Å². The third-order valence-corrected chi connectivity index (χ3v) is 2.90. The number of hydrogen-bond donors (Lipinski definition) is 1. The van der Waals surface area contributed by atoms with Crippen molar-refractivity contribution in [3.8, 4) is 5.75 Å². The van der Waals surface area contributed by atoms with Gasteiger partial charge in [0.05, 0.1) is 6.61 Å². The normalized spacial score (nSPS) is 12.4. The van der Waals surface area contributed by atoms with Gasteiger partial charge in [-0.3, -0.25) is 0 Å². The fourth-order valence-corrected chi connectivity index (χ4v) is 1.56. The molecule has 0 aliphatic rings. The molecule has 144 valence electrons. The molecule has 0 heterocycles. The van der Waals surface area contributed by atoms with Crippen LogP contribution < -0.4 is 4.74 Å². The molecule has 0 radical (unpaired) electrons. The molecular formula is C14H10F6O6. The SMILES string of the molecule is CCOC(=O)c1ccccc1OC(=O)C(F)(F)C(F)(F)C(F)(F)C(=O)O. The Kier molecular flexibility index (Phi) is 5.90. The van der Waals surface area contributed by atoms with Crippen LogP contribution in [-0.2, 0) is 14.3 Å². The van der Waals surface area contributed by atoms with Gasteiger partial charge in [0.25, 0.3) is 0 Å². The molecule has 0 aliphatic carbocycles. The molecule has 0 saturated heterocycles. The number of aliphatic carboxylic acids is 1. The van der Waals surface area contributed by atoms with Crippen LogP contribution >= 0.6 is 0 Å². The quantitative estimate of drug-likeness (QED) is 0.439. The lowest BCUT2D eigenvalue weighted by Gasteiger charge is -2.28. The molecule has 26 heavy (non-hydrogen) atoms. The molecule has 0 unspecified atom stereocenters. The van der Waals surface area contributed by atoms with Gasteiger partial charge in [-0.1, -0.05) is 12.1 Å². The van der Waals surface area contributed by atoms with Gasteiger partial charge < -0.3 is 14.6 Å². The van der Waals surface area contributed by atoms with Gasteiger partial charge in [0, 0.05) is 0 Å². The number of rotatable bonds is 7. The third-order valence-electron chi connectivity index (χ3n) is 2.90. The van der Waals surface area contributed by atoms with Gasteiger partial charge in [0.15, 0.2) is 0 Å². The molecule has 1 N–H and O–H groups in total. The van der Waals surface area contributed by atoms with Gasteiger partial charge in [0.2, 0.25) is 0 Å². The minimum absolute atomic E-state index is 0.166. The second-order valence-electron chi connectivity index (χ2n) is 4.63. The Bertz CT molecular complexity index is 718. The monoisotopic (exact) mass is 388 g/mol. The summed E-state index contributed by atoms with van der Waals surface area (Å²) >= 11 is 0. The van der Waals surface area contributed by atoms with E-state index >= 15 is 0 Å². The number of alkyl halides is 6. The van der Waals surface area contributed by atoms with E-state index in [1.807, 2.05) is 0 Å². The highest BCUT2D eigenvalue weighted by atomic mass is 19.3. The molecule has 0 atom stereocenters. The first kappa shape index (κ1) is 21.3. The molecule has 6 nitrogen and oxygen atoms in total. The lowest BCUT2D eigenvalue weighted by Crippen LogP contribution is -2.61. The number of hydrogen-bond acceptors (Lipinski definition) is 5. The van der Waals surface area contributed by atoms with Crippen molar-refractivity contribution in [1.82, 2.24) is 0 Å². The lowest BCUT2D eigenvalue weighted by atomic mass is 10.0. The van der Waals surface area contributed by atoms with Gasteiger partial charge in [-0.25, -0.2) is 14.4 Å². The first-order valence-corrected chi connectivity index (χ1v) is 6.66. The van der Waals surface area contributed by atoms with E-state index in [2.05, 4.69) is 9.47 Å². The Labute approximate surface area is 141 Å². The first-order chi connectivity index (χ1) is 11.8. The minimum Gasteiger partial charge on any atom is -0.477 e. The molecule has 0 saturated carbocycles. The van der Waals surface area contributed by atoms with Crippen molar-refractivity contribution in [2.45, 2.75) is 24.7 Å². The first-order valence-electron chi connectivity index (χ1n) is 6.66. The minimum atomic E-state index is -6.61. The van der Waals surface area contributed by atoms with Crippen molar-refractivity contribution in [3.63, 3.8) is 0 Å². The number of ether oxygens (including phenoxy) is 2. The molecule has 0 bridgehead atoms. The Hall–Kier alpha value is -2.79. The fraction of sp³-hybridized carbons (Fsp3) is 0.357. The van der Waals surface area contributed by atoms with Crippen molar-refractivity contribution in [2.75, 3.05) is 6.61 Å². The summed E-state index contributed by atoms with van der Waals surface area (Å²) in [5.74, 6) is -28.0. The van der Waals surface area contributed by atoms with E-state index in [1.165, 1.54) is 13.0 Å². The summed E-state index contributed by atoms with van der Waals surface area (Å²) in [6.45, 7) is 1.22. The van der Waals surface area contributed by atoms with E-state index in [9.17, 15) is 40.7 Å². The summed E-state index contributed by atoms with van der Waals surface area (Å²) < 4.78 is 87.9. The largest absolute Gasteiger partial charge is 0.477 e. The van der Waals surface area contributed by atoms with Crippen molar-refractivity contribution >= 4 is 17.9 Å². The standard InChI is InChI=1S/C14H10F6O6/c1-2-25-9(21)7-5-3-4-6-8(7)26-11(24)13(17,18)14(19,20)12(15,16)10(22)23/h3-6H,2H2,1H3,(H,22,23). The molecule has 0 aliphatic heterocycles. The maximum absolute atomic E-state index is 13.5. The van der Waals surface area contributed by atoms with Crippen molar-refractivity contribution in [1.29, 1.82) is 0 Å². The molecule has 0 fully saturated rings. The number of esters is 2. The van der Waals surface area contributed by atoms with Crippen LogP contribution in [0.2, 0.25) is 0 Å². The van der Waals surface area contributed by atoms with Gasteiger partial charge >= 0.3 is 35.7 Å². The number of carboxylic acid groups (broad SMARTS) is 1. The molecule has 0 amide bonds. The smallest absolute Gasteiger partial charge is 0.411 e. The van der Waals surface area contributed by atoms with Crippen LogP contribution in [-0.4, -0.2) is 47.4 Å². The second-order valence-corrected chi connectivity index (χ2v) is 4.63. The highest BCUT2D eigenvalue weighted by Gasteiger charge is 2.79. The Morgan fingerprint density at radius 2 is 1.54 bits per heavy atom. The zero-order chi connectivity index (χ0) is 20.3. The van der Waals surface area contributed by atoms with E-state index < -0.39 is 47.0 Å². The van der Waals surface area contributed by atoms with Crippen LogP contribution in [0.1, 0.15) is 17.3 Å². The third kappa shape index (κ3) is 3.58. The zero-order valence-electron chi connectivity index (χ0n) is 12.8. The molecule has 0 spiro atoms. The Morgan fingerprint density at radius 1 is 1.00 bits per heavy atom. The summed E-state index contributed by atoms with van der Waals surface area (Å²) in [5.41, 5.74) is -0.619. The highest BCUT2D eigenvalue weighted by molar-refractivity contribution is 5.94. The molecular weight excluding hydrogens is 378 g/mol. The summed E-state index contributed by atoms with van der Waals surface area (Å²) in [6.07, 6.45) is 0. The van der Waals surface area contributed by atoms with E-state index in [4.69, 9.17) is 5.11 Å². The summed E-state index contributed by atoms with van der Waals surface area (Å²) in [4.78, 5) is 33.1. The predicted molar refractivity (Wildman–Crippen MR) is 70.5 cm³/mol. The molecule has 0 aromatic heterocycles. The second kappa shape index (κ2) is 7.22. The van der Waals surface area contributed by atoms with Gasteiger partial charge in [0.1, 0.15) is 11.3 Å². The Balaban J connectivity index is 3.22. The summed E-state index contributed by atoms with van der Waals surface area (Å²) in [6, 6.07) is 3.93. The topological polar surface area (TPSA) is 89.9 Å². The Morgan fingerprint density at radius 3 is 2.04 bits per heavy atom. The van der Waals surface area contributed by atoms with Crippen molar-refractivity contribution < 1.29 is 55.3 Å². The van der Waals surface area contributed by atoms with Crippen molar-refractivity contribution in [2.24, 2.45) is 0 Å². The molecule has 1 aromatic rings. The number of benzene rings is 1. The number of carbonyl (C=O) groups excluding carboxylic acids is 2. The van der Waals surface area contributed by atoms with Crippen LogP contribution in [0.4, 0.5) is 26.3 Å². The maximum Gasteiger partial charge on any atom is 0.411 e. The average molecular weight is 388 g/mol. The average Bonchev–Trinajstić information content (AvgIpc) is 2.54. The van der Waals surface area contributed by atoms with Crippen LogP contribution in [0.5, 0.6) is 5.75 Å². The molecule has 1 aromatic carbocycles. The van der Waals surface area contributed by atoms with Gasteiger partial charge in [-0.15, -0.1) is 0 Å². The van der Waals surface area contributed by atoms with E-state index in [-0.39, 0.29) is 6.61 Å². The van der Waals surface area contributed by atoms with Gasteiger partial charge in [-0.2, -0.15) is 26.3 Å². The van der Waals surface area contributed by atoms with Crippen LogP contribution in [0.15, 0.2) is 24.3 Å². The maximum atomic E-state index is 13.5. The van der Waals surface area contributed by atoms with E-state index in [1.54, 1.807) is 0 Å². The number of carbonyl (C=O) groups is 3. The summed E-state index contributed by atoms with van der Waals surface area (Å²) in [7, 11) is 0. The predicted octanol–water partition coefficient (Wildman–Crippen LogP) is 2.76. The fourth-order valence-electron chi connectivity index (χ4n) is 1.56. The number of para-hydroxylation sites is 1. The number of carboxylic acids is 1. The highest BCUT2D eigenvalue weighted by Crippen LogP contribution is 2.46. The van der Waals surface area contributed by atoms with Crippen molar-refractivity contribution in [3.05, 3.63) is 29.8 Å².